The largest absolute Gasteiger partial charge is 0.366 e. The number of hydrogen-bond acceptors (Lipinski definition) is 3. The lowest BCUT2D eigenvalue weighted by Crippen LogP contribution is -2.55. The molecule has 0 radical (unpaired) electrons. The Morgan fingerprint density at radius 1 is 1.19 bits per heavy atom. The number of benzene rings is 1. The number of piperazine rings is 1. The first-order valence-corrected chi connectivity index (χ1v) is 8.58. The van der Waals surface area contributed by atoms with Crippen molar-refractivity contribution in [3.05, 3.63) is 29.8 Å². The van der Waals surface area contributed by atoms with Crippen molar-refractivity contribution in [2.75, 3.05) is 31.1 Å². The van der Waals surface area contributed by atoms with E-state index in [0.29, 0.717) is 6.04 Å². The predicted molar refractivity (Wildman–Crippen MR) is 89.8 cm³/mol. The highest BCUT2D eigenvalue weighted by molar-refractivity contribution is 5.49. The van der Waals surface area contributed by atoms with E-state index in [1.165, 1.54) is 50.1 Å². The number of fused-ring (bicyclic) bond motifs is 1. The smallest absolute Gasteiger partial charge is 0.0389 e. The summed E-state index contributed by atoms with van der Waals surface area (Å²) in [5, 5.41) is 3.47. The molecule has 0 aromatic heterocycles. The van der Waals surface area contributed by atoms with Gasteiger partial charge in [-0.2, -0.15) is 0 Å². The standard InChI is InChI=1S/C18H29N3/c1-3-10-19-12-16-6-8-17(9-7-16)21-14-18-5-4-11-20(18)13-15(21)2/h6-9,15,18-19H,3-5,10-14H2,1-2H3. The minimum absolute atomic E-state index is 0.628. The minimum Gasteiger partial charge on any atom is -0.366 e. The number of hydrogen-bond donors (Lipinski definition) is 1. The molecular weight excluding hydrogens is 258 g/mol. The van der Waals surface area contributed by atoms with Crippen LogP contribution in [0.15, 0.2) is 24.3 Å². The summed E-state index contributed by atoms with van der Waals surface area (Å²) in [6.07, 6.45) is 3.96. The molecule has 2 unspecified atom stereocenters. The Balaban J connectivity index is 1.63. The van der Waals surface area contributed by atoms with E-state index in [1.807, 2.05) is 0 Å². The Labute approximate surface area is 129 Å². The van der Waals surface area contributed by atoms with Gasteiger partial charge in [0, 0.05) is 37.4 Å². The van der Waals surface area contributed by atoms with E-state index in [9.17, 15) is 0 Å². The average Bonchev–Trinajstić information content (AvgIpc) is 2.94. The molecule has 1 N–H and O–H groups in total. The van der Waals surface area contributed by atoms with Crippen molar-refractivity contribution in [2.45, 2.75) is 51.7 Å². The molecule has 2 heterocycles. The maximum atomic E-state index is 3.47. The van der Waals surface area contributed by atoms with Gasteiger partial charge in [-0.15, -0.1) is 0 Å². The van der Waals surface area contributed by atoms with E-state index in [2.05, 4.69) is 53.2 Å². The number of rotatable bonds is 5. The molecule has 1 aromatic carbocycles. The molecule has 2 fully saturated rings. The van der Waals surface area contributed by atoms with Crippen LogP contribution in [0.4, 0.5) is 5.69 Å². The first-order chi connectivity index (χ1) is 10.3. The number of nitrogens with zero attached hydrogens (tertiary/aromatic N) is 2. The summed E-state index contributed by atoms with van der Waals surface area (Å²) in [4.78, 5) is 5.29. The van der Waals surface area contributed by atoms with Gasteiger partial charge in [0.15, 0.2) is 0 Å². The number of nitrogens with one attached hydrogen (secondary N) is 1. The van der Waals surface area contributed by atoms with E-state index in [0.717, 1.165) is 19.1 Å². The second kappa shape index (κ2) is 6.80. The molecule has 0 amide bonds. The van der Waals surface area contributed by atoms with Gasteiger partial charge in [-0.3, -0.25) is 4.90 Å². The molecule has 2 atom stereocenters. The van der Waals surface area contributed by atoms with Crippen LogP contribution in [-0.4, -0.2) is 43.2 Å². The van der Waals surface area contributed by atoms with Crippen LogP contribution in [-0.2, 0) is 6.54 Å². The summed E-state index contributed by atoms with van der Waals surface area (Å²) in [6.45, 7) is 10.4. The van der Waals surface area contributed by atoms with Gasteiger partial charge in [0.05, 0.1) is 0 Å². The molecule has 0 aliphatic carbocycles. The molecule has 0 spiro atoms. The fraction of sp³-hybridized carbons (Fsp3) is 0.667. The fourth-order valence-electron chi connectivity index (χ4n) is 3.76. The normalized spacial score (nSPS) is 26.1. The third kappa shape index (κ3) is 3.41. The SMILES string of the molecule is CCCNCc1ccc(N2CC3CCCN3CC2C)cc1. The van der Waals surface area contributed by atoms with Gasteiger partial charge in [-0.05, 0) is 57.0 Å². The molecule has 2 aliphatic heterocycles. The van der Waals surface area contributed by atoms with Crippen molar-refractivity contribution in [3.8, 4) is 0 Å². The second-order valence-corrected chi connectivity index (χ2v) is 6.64. The molecule has 116 valence electrons. The summed E-state index contributed by atoms with van der Waals surface area (Å²) in [5.41, 5.74) is 2.78. The molecular formula is C18H29N3. The van der Waals surface area contributed by atoms with Crippen LogP contribution in [0.3, 0.4) is 0 Å². The van der Waals surface area contributed by atoms with E-state index in [4.69, 9.17) is 0 Å². The van der Waals surface area contributed by atoms with Gasteiger partial charge in [0.2, 0.25) is 0 Å². The maximum Gasteiger partial charge on any atom is 0.0389 e. The first-order valence-electron chi connectivity index (χ1n) is 8.58. The lowest BCUT2D eigenvalue weighted by atomic mass is 10.1. The topological polar surface area (TPSA) is 18.5 Å². The minimum atomic E-state index is 0.628. The van der Waals surface area contributed by atoms with Crippen LogP contribution in [0, 0.1) is 0 Å². The predicted octanol–water partition coefficient (Wildman–Crippen LogP) is 2.86. The van der Waals surface area contributed by atoms with Crippen LogP contribution in [0.25, 0.3) is 0 Å². The van der Waals surface area contributed by atoms with Crippen molar-refractivity contribution >= 4 is 5.69 Å². The average molecular weight is 287 g/mol. The molecule has 0 saturated carbocycles. The molecule has 1 aromatic rings. The molecule has 3 heteroatoms. The van der Waals surface area contributed by atoms with Crippen LogP contribution >= 0.6 is 0 Å². The van der Waals surface area contributed by atoms with Crippen LogP contribution in [0.2, 0.25) is 0 Å². The molecule has 0 bridgehead atoms. The van der Waals surface area contributed by atoms with Crippen molar-refractivity contribution in [2.24, 2.45) is 0 Å². The van der Waals surface area contributed by atoms with Crippen LogP contribution in [0.5, 0.6) is 0 Å². The second-order valence-electron chi connectivity index (χ2n) is 6.64. The summed E-state index contributed by atoms with van der Waals surface area (Å²) >= 11 is 0. The molecule has 21 heavy (non-hydrogen) atoms. The third-order valence-electron chi connectivity index (χ3n) is 4.96. The van der Waals surface area contributed by atoms with Gasteiger partial charge in [-0.1, -0.05) is 19.1 Å². The summed E-state index contributed by atoms with van der Waals surface area (Å²) in [6, 6.07) is 10.6. The maximum absolute atomic E-state index is 3.47. The van der Waals surface area contributed by atoms with Gasteiger partial charge in [-0.25, -0.2) is 0 Å². The van der Waals surface area contributed by atoms with Crippen LogP contribution in [0.1, 0.15) is 38.7 Å². The van der Waals surface area contributed by atoms with E-state index in [-0.39, 0.29) is 0 Å². The molecule has 2 aliphatic rings. The Morgan fingerprint density at radius 3 is 2.76 bits per heavy atom. The van der Waals surface area contributed by atoms with Crippen molar-refractivity contribution in [3.63, 3.8) is 0 Å². The Bertz CT molecular complexity index is 442. The number of anilines is 1. The van der Waals surface area contributed by atoms with Gasteiger partial charge in [0.1, 0.15) is 0 Å². The Kier molecular flexibility index (Phi) is 4.81. The van der Waals surface area contributed by atoms with Crippen molar-refractivity contribution < 1.29 is 0 Å². The van der Waals surface area contributed by atoms with E-state index < -0.39 is 0 Å². The highest BCUT2D eigenvalue weighted by atomic mass is 15.3. The Morgan fingerprint density at radius 2 is 2.00 bits per heavy atom. The van der Waals surface area contributed by atoms with Crippen molar-refractivity contribution in [1.29, 1.82) is 0 Å². The fourth-order valence-corrected chi connectivity index (χ4v) is 3.76. The van der Waals surface area contributed by atoms with E-state index >= 15 is 0 Å². The highest BCUT2D eigenvalue weighted by Gasteiger charge is 2.34. The first kappa shape index (κ1) is 14.9. The molecule has 3 nitrogen and oxygen atoms in total. The van der Waals surface area contributed by atoms with E-state index in [1.54, 1.807) is 0 Å². The monoisotopic (exact) mass is 287 g/mol. The third-order valence-corrected chi connectivity index (χ3v) is 4.96. The lowest BCUT2D eigenvalue weighted by molar-refractivity contribution is 0.203. The van der Waals surface area contributed by atoms with Crippen molar-refractivity contribution in [1.82, 2.24) is 10.2 Å². The summed E-state index contributed by atoms with van der Waals surface area (Å²) in [5.74, 6) is 0. The highest BCUT2D eigenvalue weighted by Crippen LogP contribution is 2.28. The zero-order chi connectivity index (χ0) is 14.7. The zero-order valence-corrected chi connectivity index (χ0v) is 13.5. The quantitative estimate of drug-likeness (QED) is 0.840. The summed E-state index contributed by atoms with van der Waals surface area (Å²) < 4.78 is 0. The van der Waals surface area contributed by atoms with Gasteiger partial charge in [0.25, 0.3) is 0 Å². The lowest BCUT2D eigenvalue weighted by Gasteiger charge is -2.43. The van der Waals surface area contributed by atoms with Gasteiger partial charge < -0.3 is 10.2 Å². The summed E-state index contributed by atoms with van der Waals surface area (Å²) in [7, 11) is 0. The van der Waals surface area contributed by atoms with Crippen LogP contribution < -0.4 is 10.2 Å². The molecule has 2 saturated heterocycles. The Hall–Kier alpha value is -1.06. The molecule has 3 rings (SSSR count). The van der Waals surface area contributed by atoms with Gasteiger partial charge >= 0.3 is 0 Å². The zero-order valence-electron chi connectivity index (χ0n) is 13.5.